The van der Waals surface area contributed by atoms with Crippen LogP contribution in [-0.4, -0.2) is 48.3 Å². The van der Waals surface area contributed by atoms with Crippen LogP contribution in [0, 0.1) is 0 Å². The van der Waals surface area contributed by atoms with E-state index >= 15 is 0 Å². The van der Waals surface area contributed by atoms with Crippen LogP contribution in [0.3, 0.4) is 0 Å². The van der Waals surface area contributed by atoms with Crippen LogP contribution >= 0.6 is 23.2 Å². The average Bonchev–Trinajstić information content (AvgIpc) is 2.50. The zero-order valence-corrected chi connectivity index (χ0v) is 15.3. The Kier molecular flexibility index (Phi) is 5.96. The third kappa shape index (κ3) is 5.00. The van der Waals surface area contributed by atoms with Crippen molar-refractivity contribution in [3.8, 4) is 0 Å². The number of nitrogens with zero attached hydrogens (tertiary/aromatic N) is 1. The molecular weight excluding hydrogens is 355 g/mol. The van der Waals surface area contributed by atoms with E-state index in [1.807, 2.05) is 0 Å². The summed E-state index contributed by atoms with van der Waals surface area (Å²) in [7, 11) is 0. The molecule has 24 heavy (non-hydrogen) atoms. The van der Waals surface area contributed by atoms with E-state index in [9.17, 15) is 9.59 Å². The molecule has 2 rings (SSSR count). The first kappa shape index (κ1) is 18.8. The molecule has 1 atom stereocenters. The van der Waals surface area contributed by atoms with E-state index in [-0.39, 0.29) is 18.2 Å². The fourth-order valence-corrected chi connectivity index (χ4v) is 2.46. The number of morpholine rings is 1. The van der Waals surface area contributed by atoms with Gasteiger partial charge in [0.2, 0.25) is 0 Å². The Hall–Kier alpha value is -1.50. The van der Waals surface area contributed by atoms with Gasteiger partial charge in [-0.25, -0.2) is 4.79 Å². The second-order valence-electron chi connectivity index (χ2n) is 6.38. The van der Waals surface area contributed by atoms with E-state index in [0.29, 0.717) is 17.3 Å². The van der Waals surface area contributed by atoms with Crippen molar-refractivity contribution in [3.63, 3.8) is 0 Å². The average molecular weight is 375 g/mol. The molecule has 1 aromatic carbocycles. The molecule has 0 aromatic heterocycles. The summed E-state index contributed by atoms with van der Waals surface area (Å²) in [4.78, 5) is 25.9. The molecule has 6 nitrogen and oxygen atoms in total. The second kappa shape index (κ2) is 7.59. The lowest BCUT2D eigenvalue weighted by atomic mass is 10.2. The van der Waals surface area contributed by atoms with E-state index in [0.717, 1.165) is 0 Å². The van der Waals surface area contributed by atoms with Gasteiger partial charge in [-0.15, -0.1) is 0 Å². The normalized spacial score (nSPS) is 18.2. The van der Waals surface area contributed by atoms with Crippen LogP contribution in [0.1, 0.15) is 20.8 Å². The van der Waals surface area contributed by atoms with Gasteiger partial charge in [-0.2, -0.15) is 0 Å². The van der Waals surface area contributed by atoms with E-state index < -0.39 is 23.7 Å². The maximum absolute atomic E-state index is 12.4. The molecule has 1 N–H and O–H groups in total. The van der Waals surface area contributed by atoms with Crippen LogP contribution < -0.4 is 5.32 Å². The molecule has 1 fully saturated rings. The third-order valence-electron chi connectivity index (χ3n) is 3.22. The third-order valence-corrected chi connectivity index (χ3v) is 4.04. The summed E-state index contributed by atoms with van der Waals surface area (Å²) in [5.74, 6) is -0.396. The molecular formula is C16H20Cl2N2O4. The summed E-state index contributed by atoms with van der Waals surface area (Å²) in [6, 6.07) is 4.94. The molecule has 8 heteroatoms. The lowest BCUT2D eigenvalue weighted by molar-refractivity contribution is -0.132. The summed E-state index contributed by atoms with van der Waals surface area (Å²) >= 11 is 12.0. The molecule has 1 aliphatic heterocycles. The molecule has 1 aliphatic rings. The first-order valence-corrected chi connectivity index (χ1v) is 8.27. The van der Waals surface area contributed by atoms with E-state index in [1.165, 1.54) is 4.90 Å². The number of carbonyl (C=O) groups is 2. The van der Waals surface area contributed by atoms with E-state index in [1.54, 1.807) is 39.0 Å². The van der Waals surface area contributed by atoms with Gasteiger partial charge in [0.25, 0.3) is 5.91 Å². The highest BCUT2D eigenvalue weighted by atomic mass is 35.5. The number of carbonyl (C=O) groups excluding carboxylic acids is 2. The van der Waals surface area contributed by atoms with Gasteiger partial charge >= 0.3 is 6.09 Å². The van der Waals surface area contributed by atoms with Gasteiger partial charge in [0.15, 0.2) is 6.10 Å². The topological polar surface area (TPSA) is 67.9 Å². The van der Waals surface area contributed by atoms with Crippen molar-refractivity contribution >= 4 is 40.9 Å². The molecule has 1 aromatic rings. The smallest absolute Gasteiger partial charge is 0.410 e. The van der Waals surface area contributed by atoms with Crippen LogP contribution in [-0.2, 0) is 14.3 Å². The van der Waals surface area contributed by atoms with Crippen LogP contribution in [0.25, 0.3) is 0 Å². The summed E-state index contributed by atoms with van der Waals surface area (Å²) in [5, 5.41) is 3.27. The Morgan fingerprint density at radius 3 is 2.71 bits per heavy atom. The number of hydrogen-bond acceptors (Lipinski definition) is 4. The predicted octanol–water partition coefficient (Wildman–Crippen LogP) is 3.57. The van der Waals surface area contributed by atoms with Crippen LogP contribution in [0.2, 0.25) is 10.0 Å². The van der Waals surface area contributed by atoms with Crippen molar-refractivity contribution in [2.24, 2.45) is 0 Å². The van der Waals surface area contributed by atoms with Crippen molar-refractivity contribution in [2.75, 3.05) is 25.0 Å². The van der Waals surface area contributed by atoms with Crippen molar-refractivity contribution < 1.29 is 19.1 Å². The van der Waals surface area contributed by atoms with Gasteiger partial charge in [-0.3, -0.25) is 4.79 Å². The quantitative estimate of drug-likeness (QED) is 0.858. The standard InChI is InChI=1S/C16H20Cl2N2O4/c1-16(2,3)24-15(22)20-7-8-23-12(9-20)14(21)19-11-6-4-5-10(17)13(11)18/h4-6,12H,7-9H2,1-3H3,(H,19,21)/t12-/m0/s1. The van der Waals surface area contributed by atoms with E-state index in [4.69, 9.17) is 32.7 Å². The zero-order valence-electron chi connectivity index (χ0n) is 13.8. The molecule has 0 saturated carbocycles. The summed E-state index contributed by atoms with van der Waals surface area (Å²) in [6.45, 7) is 6.10. The van der Waals surface area contributed by atoms with Crippen LogP contribution in [0.5, 0.6) is 0 Å². The van der Waals surface area contributed by atoms with Gasteiger partial charge in [-0.1, -0.05) is 29.3 Å². The highest BCUT2D eigenvalue weighted by Crippen LogP contribution is 2.29. The number of rotatable bonds is 2. The van der Waals surface area contributed by atoms with Crippen LogP contribution in [0.15, 0.2) is 18.2 Å². The molecule has 0 aliphatic carbocycles. The Morgan fingerprint density at radius 1 is 1.33 bits per heavy atom. The predicted molar refractivity (Wildman–Crippen MR) is 92.6 cm³/mol. The number of ether oxygens (including phenoxy) is 2. The van der Waals surface area contributed by atoms with Crippen molar-refractivity contribution in [2.45, 2.75) is 32.5 Å². The van der Waals surface area contributed by atoms with Gasteiger partial charge in [0.1, 0.15) is 5.60 Å². The van der Waals surface area contributed by atoms with Crippen LogP contribution in [0.4, 0.5) is 10.5 Å². The highest BCUT2D eigenvalue weighted by molar-refractivity contribution is 6.44. The van der Waals surface area contributed by atoms with Crippen molar-refractivity contribution in [1.29, 1.82) is 0 Å². The minimum absolute atomic E-state index is 0.110. The lowest BCUT2D eigenvalue weighted by Gasteiger charge is -2.33. The fraction of sp³-hybridized carbons (Fsp3) is 0.500. The Morgan fingerprint density at radius 2 is 2.04 bits per heavy atom. The molecule has 0 unspecified atom stereocenters. The number of halogens is 2. The molecule has 0 spiro atoms. The number of hydrogen-bond donors (Lipinski definition) is 1. The molecule has 1 heterocycles. The summed E-state index contributed by atoms with van der Waals surface area (Å²) in [6.07, 6.45) is -1.27. The molecule has 0 radical (unpaired) electrons. The van der Waals surface area contributed by atoms with Gasteiger partial charge in [0.05, 0.1) is 28.9 Å². The first-order chi connectivity index (χ1) is 11.2. The molecule has 0 bridgehead atoms. The number of benzene rings is 1. The number of anilines is 1. The van der Waals surface area contributed by atoms with Gasteiger partial charge < -0.3 is 19.7 Å². The maximum atomic E-state index is 12.4. The van der Waals surface area contributed by atoms with E-state index in [2.05, 4.69) is 5.32 Å². The zero-order chi connectivity index (χ0) is 17.9. The monoisotopic (exact) mass is 374 g/mol. The SMILES string of the molecule is CC(C)(C)OC(=O)N1CCO[C@H](C(=O)Nc2cccc(Cl)c2Cl)C1. The minimum Gasteiger partial charge on any atom is -0.444 e. The number of nitrogens with one attached hydrogen (secondary N) is 1. The first-order valence-electron chi connectivity index (χ1n) is 7.52. The molecule has 2 amide bonds. The fourth-order valence-electron chi connectivity index (χ4n) is 2.11. The lowest BCUT2D eigenvalue weighted by Crippen LogP contribution is -2.51. The van der Waals surface area contributed by atoms with Crippen molar-refractivity contribution in [3.05, 3.63) is 28.2 Å². The second-order valence-corrected chi connectivity index (χ2v) is 7.16. The minimum atomic E-state index is -0.804. The Bertz CT molecular complexity index is 631. The maximum Gasteiger partial charge on any atom is 0.410 e. The Balaban J connectivity index is 2.00. The van der Waals surface area contributed by atoms with Gasteiger partial charge in [0, 0.05) is 6.54 Å². The molecule has 132 valence electrons. The summed E-state index contributed by atoms with van der Waals surface area (Å²) < 4.78 is 10.8. The summed E-state index contributed by atoms with van der Waals surface area (Å²) in [5.41, 5.74) is -0.200. The van der Waals surface area contributed by atoms with Crippen molar-refractivity contribution in [1.82, 2.24) is 4.90 Å². The molecule has 1 saturated heterocycles. The largest absolute Gasteiger partial charge is 0.444 e. The number of amides is 2. The Labute approximate surface area is 151 Å². The highest BCUT2D eigenvalue weighted by Gasteiger charge is 2.32. The van der Waals surface area contributed by atoms with Gasteiger partial charge in [-0.05, 0) is 32.9 Å².